The van der Waals surface area contributed by atoms with Gasteiger partial charge in [0.2, 0.25) is 0 Å². The molecule has 9 heteroatoms. The fourth-order valence-electron chi connectivity index (χ4n) is 4.73. The van der Waals surface area contributed by atoms with Crippen LogP contribution in [0.15, 0.2) is 22.7 Å². The maximum atomic E-state index is 6.66. The molecule has 194 valence electrons. The van der Waals surface area contributed by atoms with Gasteiger partial charge in [-0.05, 0) is 85.2 Å². The zero-order valence-corrected chi connectivity index (χ0v) is 22.5. The number of nitrogens with one attached hydrogen (secondary N) is 2. The Bertz CT molecular complexity index is 1160. The molecule has 0 saturated heterocycles. The zero-order valence-electron chi connectivity index (χ0n) is 21.8. The van der Waals surface area contributed by atoms with E-state index in [4.69, 9.17) is 35.6 Å². The van der Waals surface area contributed by atoms with Gasteiger partial charge in [-0.25, -0.2) is 9.97 Å². The molecule has 0 aliphatic heterocycles. The van der Waals surface area contributed by atoms with E-state index < -0.39 is 0 Å². The lowest BCUT2D eigenvalue weighted by Gasteiger charge is -2.23. The molecule has 0 radical (unpaired) electrons. The van der Waals surface area contributed by atoms with Crippen molar-refractivity contribution >= 4 is 17.4 Å². The molecule has 1 aliphatic carbocycles. The average molecular weight is 514 g/mol. The number of ether oxygens (including phenoxy) is 2. The Balaban J connectivity index is 1.76. The predicted octanol–water partition coefficient (Wildman–Crippen LogP) is 5.74. The quantitative estimate of drug-likeness (QED) is 0.314. The normalized spacial score (nSPS) is 17.5. The van der Waals surface area contributed by atoms with Gasteiger partial charge in [0.25, 0.3) is 0 Å². The fourth-order valence-corrected chi connectivity index (χ4v) is 4.93. The third kappa shape index (κ3) is 5.82. The zero-order chi connectivity index (χ0) is 25.7. The number of halogens is 1. The molecule has 2 aromatic heterocycles. The van der Waals surface area contributed by atoms with Crippen LogP contribution in [0.1, 0.15) is 49.6 Å². The number of hydrogen-bond acceptors (Lipinski definition) is 8. The van der Waals surface area contributed by atoms with Crippen molar-refractivity contribution in [1.82, 2.24) is 20.4 Å². The van der Waals surface area contributed by atoms with Crippen LogP contribution in [0.5, 0.6) is 5.75 Å². The highest BCUT2D eigenvalue weighted by atomic mass is 35.5. The molecule has 4 rings (SSSR count). The molecule has 2 unspecified atom stereocenters. The summed E-state index contributed by atoms with van der Waals surface area (Å²) < 4.78 is 17.4. The van der Waals surface area contributed by atoms with Gasteiger partial charge in [0.1, 0.15) is 17.3 Å². The summed E-state index contributed by atoms with van der Waals surface area (Å²) in [6.07, 6.45) is 4.25. The van der Waals surface area contributed by atoms with E-state index in [1.165, 1.54) is 0 Å². The summed E-state index contributed by atoms with van der Waals surface area (Å²) >= 11 is 6.66. The van der Waals surface area contributed by atoms with E-state index in [9.17, 15) is 0 Å². The minimum Gasteiger partial charge on any atom is -0.494 e. The van der Waals surface area contributed by atoms with Crippen LogP contribution in [0, 0.1) is 20.8 Å². The van der Waals surface area contributed by atoms with Crippen molar-refractivity contribution in [2.24, 2.45) is 0 Å². The SMILES string of the molecule is CCOC1CCCC1Nc1nc(-c2cc(OCCCNC)ccc2Cl)nc(-c2c(C)noc2C)c1C. The number of rotatable bonds is 11. The molecule has 3 aromatic rings. The Morgan fingerprint density at radius 2 is 2.00 bits per heavy atom. The second-order valence-electron chi connectivity index (χ2n) is 9.19. The summed E-state index contributed by atoms with van der Waals surface area (Å²) in [6.45, 7) is 10.1. The first-order valence-electron chi connectivity index (χ1n) is 12.7. The lowest BCUT2D eigenvalue weighted by molar-refractivity contribution is 0.0615. The summed E-state index contributed by atoms with van der Waals surface area (Å²) in [4.78, 5) is 9.94. The molecule has 0 bridgehead atoms. The highest BCUT2D eigenvalue weighted by molar-refractivity contribution is 6.33. The number of benzene rings is 1. The Morgan fingerprint density at radius 1 is 1.17 bits per heavy atom. The summed E-state index contributed by atoms with van der Waals surface area (Å²) in [5.74, 6) is 2.74. The van der Waals surface area contributed by atoms with Crippen LogP contribution in [0.4, 0.5) is 5.82 Å². The smallest absolute Gasteiger partial charge is 0.163 e. The van der Waals surface area contributed by atoms with E-state index in [-0.39, 0.29) is 12.1 Å². The van der Waals surface area contributed by atoms with Crippen LogP contribution in [0.2, 0.25) is 5.02 Å². The monoisotopic (exact) mass is 513 g/mol. The number of anilines is 1. The molecular weight excluding hydrogens is 478 g/mol. The molecule has 2 atom stereocenters. The van der Waals surface area contributed by atoms with Gasteiger partial charge in [0.05, 0.1) is 40.7 Å². The van der Waals surface area contributed by atoms with Crippen molar-refractivity contribution in [2.45, 2.75) is 65.5 Å². The van der Waals surface area contributed by atoms with E-state index in [1.54, 1.807) is 0 Å². The molecule has 1 aromatic carbocycles. The summed E-state index contributed by atoms with van der Waals surface area (Å²) in [5.41, 5.74) is 4.09. The van der Waals surface area contributed by atoms with E-state index in [0.29, 0.717) is 35.4 Å². The molecule has 1 fully saturated rings. The van der Waals surface area contributed by atoms with E-state index >= 15 is 0 Å². The van der Waals surface area contributed by atoms with Crippen molar-refractivity contribution in [3.63, 3.8) is 0 Å². The molecule has 0 amide bonds. The Kier molecular flexibility index (Phi) is 8.82. The second kappa shape index (κ2) is 12.0. The van der Waals surface area contributed by atoms with Crippen LogP contribution in [0.3, 0.4) is 0 Å². The van der Waals surface area contributed by atoms with Crippen LogP contribution >= 0.6 is 11.6 Å². The highest BCUT2D eigenvalue weighted by Gasteiger charge is 2.29. The predicted molar refractivity (Wildman–Crippen MR) is 143 cm³/mol. The number of aromatic nitrogens is 3. The number of hydrogen-bond donors (Lipinski definition) is 2. The summed E-state index contributed by atoms with van der Waals surface area (Å²) in [5, 5.41) is 11.5. The molecule has 0 spiro atoms. The van der Waals surface area contributed by atoms with Crippen LogP contribution in [-0.2, 0) is 4.74 Å². The third-order valence-corrected chi connectivity index (χ3v) is 6.92. The lowest BCUT2D eigenvalue weighted by atomic mass is 10.0. The number of nitrogens with zero attached hydrogens (tertiary/aromatic N) is 3. The van der Waals surface area contributed by atoms with Crippen LogP contribution in [-0.4, -0.2) is 54.1 Å². The van der Waals surface area contributed by atoms with Gasteiger partial charge in [-0.1, -0.05) is 16.8 Å². The topological polar surface area (TPSA) is 94.3 Å². The molecule has 2 N–H and O–H groups in total. The standard InChI is InChI=1S/C27H36ClN5O3/c1-6-34-23-10-7-9-22(23)30-26-16(2)25(24-17(3)33-36-18(24)4)31-27(32-26)20-15-19(11-12-21(20)28)35-14-8-13-29-5/h11-12,15,22-23,29H,6-10,13-14H2,1-5H3,(H,30,31,32). The first-order chi connectivity index (χ1) is 17.4. The third-order valence-electron chi connectivity index (χ3n) is 6.59. The fraction of sp³-hybridized carbons (Fsp3) is 0.519. The van der Waals surface area contributed by atoms with E-state index in [2.05, 4.69) is 15.8 Å². The van der Waals surface area contributed by atoms with Gasteiger partial charge < -0.3 is 24.6 Å². The maximum Gasteiger partial charge on any atom is 0.163 e. The first kappa shape index (κ1) is 26.4. The highest BCUT2D eigenvalue weighted by Crippen LogP contribution is 2.37. The van der Waals surface area contributed by atoms with Gasteiger partial charge in [-0.15, -0.1) is 0 Å². The van der Waals surface area contributed by atoms with Gasteiger partial charge in [-0.3, -0.25) is 0 Å². The van der Waals surface area contributed by atoms with Gasteiger partial charge in [0.15, 0.2) is 5.82 Å². The molecule has 2 heterocycles. The lowest BCUT2D eigenvalue weighted by Crippen LogP contribution is -2.31. The van der Waals surface area contributed by atoms with Crippen molar-refractivity contribution in [2.75, 3.05) is 32.1 Å². The van der Waals surface area contributed by atoms with Crippen LogP contribution < -0.4 is 15.4 Å². The minimum absolute atomic E-state index is 0.160. The van der Waals surface area contributed by atoms with Crippen molar-refractivity contribution in [3.8, 4) is 28.4 Å². The molecule has 36 heavy (non-hydrogen) atoms. The van der Waals surface area contributed by atoms with E-state index in [0.717, 1.165) is 66.3 Å². The summed E-state index contributed by atoms with van der Waals surface area (Å²) in [6, 6.07) is 5.80. The Hall–Kier alpha value is -2.68. The molecule has 1 saturated carbocycles. The maximum absolute atomic E-state index is 6.66. The average Bonchev–Trinajstić information content (AvgIpc) is 3.44. The van der Waals surface area contributed by atoms with E-state index in [1.807, 2.05) is 52.9 Å². The van der Waals surface area contributed by atoms with Crippen LogP contribution in [0.25, 0.3) is 22.6 Å². The minimum atomic E-state index is 0.160. The first-order valence-corrected chi connectivity index (χ1v) is 13.1. The molecule has 1 aliphatic rings. The molecular formula is C27H36ClN5O3. The second-order valence-corrected chi connectivity index (χ2v) is 9.60. The van der Waals surface area contributed by atoms with Gasteiger partial charge in [-0.2, -0.15) is 0 Å². The molecule has 8 nitrogen and oxygen atoms in total. The largest absolute Gasteiger partial charge is 0.494 e. The summed E-state index contributed by atoms with van der Waals surface area (Å²) in [7, 11) is 1.93. The Morgan fingerprint density at radius 3 is 2.72 bits per heavy atom. The van der Waals surface area contributed by atoms with Crippen molar-refractivity contribution in [3.05, 3.63) is 40.2 Å². The Labute approximate surface area is 218 Å². The van der Waals surface area contributed by atoms with Gasteiger partial charge >= 0.3 is 0 Å². The van der Waals surface area contributed by atoms with Crippen molar-refractivity contribution < 1.29 is 14.0 Å². The van der Waals surface area contributed by atoms with Crippen molar-refractivity contribution in [1.29, 1.82) is 0 Å². The number of aryl methyl sites for hydroxylation is 2. The van der Waals surface area contributed by atoms with Gasteiger partial charge in [0, 0.05) is 17.7 Å².